The lowest BCUT2D eigenvalue weighted by molar-refractivity contribution is -0.120. The number of benzene rings is 3. The van der Waals surface area contributed by atoms with E-state index in [1.807, 2.05) is 42.5 Å². The molecule has 0 aliphatic heterocycles. The van der Waals surface area contributed by atoms with Gasteiger partial charge in [-0.2, -0.15) is 10.4 Å². The smallest absolute Gasteiger partial charge is 0.244 e. The topological polar surface area (TPSA) is 83.7 Å². The lowest BCUT2D eigenvalue weighted by atomic mass is 10.1. The third kappa shape index (κ3) is 6.69. The van der Waals surface area contributed by atoms with E-state index in [1.165, 1.54) is 0 Å². The van der Waals surface area contributed by atoms with Crippen LogP contribution in [0.25, 0.3) is 0 Å². The predicted octanol–water partition coefficient (Wildman–Crippen LogP) is 4.60. The maximum Gasteiger partial charge on any atom is 0.244 e. The molecule has 0 aliphatic rings. The molecule has 7 heteroatoms. The highest BCUT2D eigenvalue weighted by atomic mass is 79.9. The number of halogens is 1. The van der Waals surface area contributed by atoms with Crippen LogP contribution in [0.4, 0.5) is 0 Å². The molecule has 0 aromatic heterocycles. The summed E-state index contributed by atoms with van der Waals surface area (Å²) in [4.78, 5) is 12.0. The van der Waals surface area contributed by atoms with E-state index in [0.717, 1.165) is 21.2 Å². The fourth-order valence-corrected chi connectivity index (χ4v) is 2.99. The average Bonchev–Trinajstić information content (AvgIpc) is 2.80. The zero-order valence-electron chi connectivity index (χ0n) is 16.8. The maximum atomic E-state index is 12.0. The number of nitriles is 1. The van der Waals surface area contributed by atoms with Gasteiger partial charge >= 0.3 is 0 Å². The van der Waals surface area contributed by atoms with Crippen molar-refractivity contribution in [2.45, 2.75) is 13.0 Å². The van der Waals surface area contributed by atoms with Crippen molar-refractivity contribution in [1.82, 2.24) is 5.43 Å². The number of methoxy groups -OCH3 is 1. The van der Waals surface area contributed by atoms with Crippen molar-refractivity contribution in [2.75, 3.05) is 7.11 Å². The van der Waals surface area contributed by atoms with E-state index in [4.69, 9.17) is 14.7 Å². The Kier molecular flexibility index (Phi) is 7.79. The van der Waals surface area contributed by atoms with Crippen LogP contribution in [-0.4, -0.2) is 19.2 Å². The zero-order chi connectivity index (χ0) is 22.1. The summed E-state index contributed by atoms with van der Waals surface area (Å²) < 4.78 is 12.2. The van der Waals surface area contributed by atoms with E-state index >= 15 is 0 Å². The highest BCUT2D eigenvalue weighted by molar-refractivity contribution is 9.10. The Bertz CT molecular complexity index is 1100. The lowest BCUT2D eigenvalue weighted by Gasteiger charge is -2.11. The van der Waals surface area contributed by atoms with Gasteiger partial charge in [-0.25, -0.2) is 5.43 Å². The molecule has 6 nitrogen and oxygen atoms in total. The Labute approximate surface area is 189 Å². The SMILES string of the molecule is COc1cc(/C=N\NC(=O)Cc2ccc(Br)cc2)ccc1OCc1ccc(C#N)cc1. The van der Waals surface area contributed by atoms with E-state index in [0.29, 0.717) is 23.7 Å². The van der Waals surface area contributed by atoms with Gasteiger partial charge in [0.2, 0.25) is 5.91 Å². The molecular formula is C24H20BrN3O3. The summed E-state index contributed by atoms with van der Waals surface area (Å²) in [7, 11) is 1.56. The third-order valence-electron chi connectivity index (χ3n) is 4.35. The van der Waals surface area contributed by atoms with Crippen molar-refractivity contribution in [3.8, 4) is 17.6 Å². The largest absolute Gasteiger partial charge is 0.493 e. The highest BCUT2D eigenvalue weighted by Crippen LogP contribution is 2.28. The maximum absolute atomic E-state index is 12.0. The van der Waals surface area contributed by atoms with Crippen molar-refractivity contribution in [1.29, 1.82) is 5.26 Å². The number of hydrogen-bond donors (Lipinski definition) is 1. The van der Waals surface area contributed by atoms with Gasteiger partial charge in [-0.05, 0) is 59.2 Å². The normalized spacial score (nSPS) is 10.5. The molecule has 3 aromatic carbocycles. The van der Waals surface area contributed by atoms with E-state index in [2.05, 4.69) is 32.5 Å². The van der Waals surface area contributed by atoms with Gasteiger partial charge in [-0.15, -0.1) is 0 Å². The number of nitrogens with one attached hydrogen (secondary N) is 1. The quantitative estimate of drug-likeness (QED) is 0.379. The van der Waals surface area contributed by atoms with Gasteiger partial charge in [-0.3, -0.25) is 4.79 Å². The van der Waals surface area contributed by atoms with Crippen LogP contribution in [0.2, 0.25) is 0 Å². The first kappa shape index (κ1) is 22.1. The molecule has 31 heavy (non-hydrogen) atoms. The van der Waals surface area contributed by atoms with Gasteiger partial charge in [0, 0.05) is 4.47 Å². The Balaban J connectivity index is 1.56. The van der Waals surface area contributed by atoms with Crippen molar-refractivity contribution in [3.05, 3.63) is 93.5 Å². The molecule has 0 radical (unpaired) electrons. The molecule has 0 saturated carbocycles. The standard InChI is InChI=1S/C24H20BrN3O3/c1-30-23-12-20(15-27-28-24(29)13-17-6-9-21(25)10-7-17)8-11-22(23)31-16-19-4-2-18(14-26)3-5-19/h2-12,15H,13,16H2,1H3,(H,28,29)/b27-15-. The van der Waals surface area contributed by atoms with Crippen LogP contribution >= 0.6 is 15.9 Å². The van der Waals surface area contributed by atoms with Gasteiger partial charge in [0.25, 0.3) is 0 Å². The fraction of sp³-hybridized carbons (Fsp3) is 0.125. The summed E-state index contributed by atoms with van der Waals surface area (Å²) >= 11 is 3.37. The third-order valence-corrected chi connectivity index (χ3v) is 4.87. The monoisotopic (exact) mass is 477 g/mol. The van der Waals surface area contributed by atoms with Crippen molar-refractivity contribution < 1.29 is 14.3 Å². The number of rotatable bonds is 8. The second-order valence-electron chi connectivity index (χ2n) is 6.60. The van der Waals surface area contributed by atoms with Crippen molar-refractivity contribution in [3.63, 3.8) is 0 Å². The van der Waals surface area contributed by atoms with Crippen LogP contribution in [0.5, 0.6) is 11.5 Å². The summed E-state index contributed by atoms with van der Waals surface area (Å²) in [5, 5.41) is 12.9. The molecule has 1 amide bonds. The Morgan fingerprint density at radius 2 is 1.77 bits per heavy atom. The number of amides is 1. The van der Waals surface area contributed by atoms with Crippen LogP contribution in [0.15, 0.2) is 76.3 Å². The van der Waals surface area contributed by atoms with E-state index < -0.39 is 0 Å². The first-order valence-corrected chi connectivity index (χ1v) is 10.2. The molecule has 0 unspecified atom stereocenters. The Morgan fingerprint density at radius 1 is 1.06 bits per heavy atom. The molecule has 0 bridgehead atoms. The minimum Gasteiger partial charge on any atom is -0.493 e. The number of ether oxygens (including phenoxy) is 2. The predicted molar refractivity (Wildman–Crippen MR) is 122 cm³/mol. The van der Waals surface area contributed by atoms with Gasteiger partial charge in [-0.1, -0.05) is 40.2 Å². The molecule has 0 heterocycles. The second kappa shape index (κ2) is 11.0. The summed E-state index contributed by atoms with van der Waals surface area (Å²) in [6.07, 6.45) is 1.79. The Hall–Kier alpha value is -3.63. The molecule has 0 saturated heterocycles. The van der Waals surface area contributed by atoms with Crippen molar-refractivity contribution in [2.24, 2.45) is 5.10 Å². The van der Waals surface area contributed by atoms with Gasteiger partial charge in [0.15, 0.2) is 11.5 Å². The van der Waals surface area contributed by atoms with Crippen LogP contribution in [0.1, 0.15) is 22.3 Å². The highest BCUT2D eigenvalue weighted by Gasteiger charge is 2.06. The first-order valence-electron chi connectivity index (χ1n) is 9.43. The van der Waals surface area contributed by atoms with Crippen molar-refractivity contribution >= 4 is 28.1 Å². The molecule has 1 N–H and O–H groups in total. The van der Waals surface area contributed by atoms with Crippen LogP contribution in [-0.2, 0) is 17.8 Å². The first-order chi connectivity index (χ1) is 15.1. The molecule has 0 aliphatic carbocycles. The summed E-state index contributed by atoms with van der Waals surface area (Å²) in [5.41, 5.74) is 5.74. The number of carbonyl (C=O) groups excluding carboxylic acids is 1. The molecule has 0 fully saturated rings. The summed E-state index contributed by atoms with van der Waals surface area (Å²) in [6.45, 7) is 0.349. The van der Waals surface area contributed by atoms with Crippen LogP contribution in [0, 0.1) is 11.3 Å². The number of hydrazone groups is 1. The van der Waals surface area contributed by atoms with Crippen LogP contribution < -0.4 is 14.9 Å². The number of nitrogens with zero attached hydrogens (tertiary/aromatic N) is 2. The molecule has 3 aromatic rings. The van der Waals surface area contributed by atoms with Gasteiger partial charge in [0.1, 0.15) is 6.61 Å². The molecule has 156 valence electrons. The fourth-order valence-electron chi connectivity index (χ4n) is 2.73. The molecule has 0 spiro atoms. The number of hydrogen-bond acceptors (Lipinski definition) is 5. The Morgan fingerprint density at radius 3 is 2.45 bits per heavy atom. The van der Waals surface area contributed by atoms with Gasteiger partial charge in [0.05, 0.1) is 31.4 Å². The summed E-state index contributed by atoms with van der Waals surface area (Å²) in [6, 6.07) is 22.2. The molecule has 3 rings (SSSR count). The van der Waals surface area contributed by atoms with E-state index in [1.54, 1.807) is 37.6 Å². The number of carbonyl (C=O) groups is 1. The minimum atomic E-state index is -0.201. The second-order valence-corrected chi connectivity index (χ2v) is 7.52. The minimum absolute atomic E-state index is 0.201. The van der Waals surface area contributed by atoms with Gasteiger partial charge < -0.3 is 9.47 Å². The molecular weight excluding hydrogens is 458 g/mol. The summed E-state index contributed by atoms with van der Waals surface area (Å²) in [5.74, 6) is 0.940. The zero-order valence-corrected chi connectivity index (χ0v) is 18.4. The molecule has 0 atom stereocenters. The van der Waals surface area contributed by atoms with Crippen LogP contribution in [0.3, 0.4) is 0 Å². The van der Waals surface area contributed by atoms with E-state index in [-0.39, 0.29) is 12.3 Å². The lowest BCUT2D eigenvalue weighted by Crippen LogP contribution is -2.19. The average molecular weight is 478 g/mol. The van der Waals surface area contributed by atoms with E-state index in [9.17, 15) is 4.79 Å².